The first-order valence-electron chi connectivity index (χ1n) is 6.59. The van der Waals surface area contributed by atoms with Crippen LogP contribution in [0.1, 0.15) is 15.9 Å². The number of halogens is 1. The smallest absolute Gasteiger partial charge is 0.275 e. The molecule has 2 rings (SSSR count). The van der Waals surface area contributed by atoms with Crippen molar-refractivity contribution in [2.75, 3.05) is 14.2 Å². The van der Waals surface area contributed by atoms with Crippen LogP contribution in [-0.2, 0) is 0 Å². The summed E-state index contributed by atoms with van der Waals surface area (Å²) >= 11 is 5.80. The van der Waals surface area contributed by atoms with Crippen LogP contribution in [0.5, 0.6) is 17.2 Å². The Kier molecular flexibility index (Phi) is 5.43. The monoisotopic (exact) mass is 334 g/mol. The van der Waals surface area contributed by atoms with E-state index in [0.29, 0.717) is 22.1 Å². The fraction of sp³-hybridized carbons (Fsp3) is 0.125. The van der Waals surface area contributed by atoms with Crippen LogP contribution >= 0.6 is 11.6 Å². The first-order chi connectivity index (χ1) is 11.1. The van der Waals surface area contributed by atoms with E-state index in [-0.39, 0.29) is 11.3 Å². The van der Waals surface area contributed by atoms with Crippen molar-refractivity contribution < 1.29 is 19.4 Å². The molecule has 0 heterocycles. The topological polar surface area (TPSA) is 80.2 Å². The Bertz CT molecular complexity index is 747. The van der Waals surface area contributed by atoms with Gasteiger partial charge in [0.2, 0.25) is 0 Å². The van der Waals surface area contributed by atoms with Crippen LogP contribution in [0.3, 0.4) is 0 Å². The molecule has 0 aliphatic rings. The molecule has 6 nitrogen and oxygen atoms in total. The molecule has 7 heteroatoms. The Morgan fingerprint density at radius 1 is 1.26 bits per heavy atom. The predicted octanol–water partition coefficient (Wildman–Crippen LogP) is 2.83. The van der Waals surface area contributed by atoms with Gasteiger partial charge in [-0.2, -0.15) is 5.10 Å². The molecule has 0 saturated carbocycles. The summed E-state index contributed by atoms with van der Waals surface area (Å²) < 4.78 is 10.4. The second-order valence-corrected chi connectivity index (χ2v) is 4.88. The zero-order valence-corrected chi connectivity index (χ0v) is 13.3. The molecule has 0 aliphatic heterocycles. The van der Waals surface area contributed by atoms with Gasteiger partial charge in [-0.05, 0) is 30.3 Å². The quantitative estimate of drug-likeness (QED) is 0.651. The molecular formula is C16H15ClN2O4. The summed E-state index contributed by atoms with van der Waals surface area (Å²) in [6, 6.07) is 9.46. The number of rotatable bonds is 5. The van der Waals surface area contributed by atoms with Gasteiger partial charge in [0.15, 0.2) is 11.5 Å². The summed E-state index contributed by atoms with van der Waals surface area (Å²) in [5.41, 5.74) is 2.98. The molecule has 2 N–H and O–H groups in total. The van der Waals surface area contributed by atoms with Crippen molar-refractivity contribution in [3.8, 4) is 17.2 Å². The van der Waals surface area contributed by atoms with Crippen LogP contribution in [0.15, 0.2) is 41.5 Å². The molecule has 0 saturated heterocycles. The number of para-hydroxylation sites is 1. The van der Waals surface area contributed by atoms with E-state index in [4.69, 9.17) is 21.1 Å². The van der Waals surface area contributed by atoms with Gasteiger partial charge in [0, 0.05) is 10.6 Å². The zero-order valence-electron chi connectivity index (χ0n) is 12.5. The summed E-state index contributed by atoms with van der Waals surface area (Å²) in [5.74, 6) is 0.290. The molecule has 2 aromatic carbocycles. The highest BCUT2D eigenvalue weighted by atomic mass is 35.5. The number of methoxy groups -OCH3 is 2. The summed E-state index contributed by atoms with van der Waals surface area (Å²) in [6.07, 6.45) is 1.42. The first kappa shape index (κ1) is 16.6. The maximum Gasteiger partial charge on any atom is 0.275 e. The second kappa shape index (κ2) is 7.51. The van der Waals surface area contributed by atoms with Gasteiger partial charge in [-0.15, -0.1) is 0 Å². The minimum absolute atomic E-state index is 0.0345. The molecule has 0 aromatic heterocycles. The van der Waals surface area contributed by atoms with Gasteiger partial charge in [-0.1, -0.05) is 17.7 Å². The average molecular weight is 335 g/mol. The first-order valence-corrected chi connectivity index (χ1v) is 6.97. The number of phenols is 1. The van der Waals surface area contributed by atoms with Gasteiger partial charge in [-0.3, -0.25) is 4.79 Å². The van der Waals surface area contributed by atoms with Crippen LogP contribution in [0, 0.1) is 0 Å². The number of hydrogen-bond acceptors (Lipinski definition) is 5. The van der Waals surface area contributed by atoms with Crippen LogP contribution in [0.4, 0.5) is 0 Å². The standard InChI is InChI=1S/C16H15ClN2O4/c1-22-14-5-3-4-10(15(14)23-2)9-18-19-16(21)12-8-11(17)6-7-13(12)20/h3-9,20H,1-2H3,(H,19,21)/b18-9-. The average Bonchev–Trinajstić information content (AvgIpc) is 2.56. The third-order valence-corrected chi connectivity index (χ3v) is 3.24. The number of carbonyl (C=O) groups is 1. The number of benzene rings is 2. The summed E-state index contributed by atoms with van der Waals surface area (Å²) in [5, 5.41) is 13.9. The lowest BCUT2D eigenvalue weighted by atomic mass is 10.2. The number of nitrogens with zero attached hydrogens (tertiary/aromatic N) is 1. The maximum absolute atomic E-state index is 12.0. The maximum atomic E-state index is 12.0. The van der Waals surface area contributed by atoms with Crippen LogP contribution in [-0.4, -0.2) is 31.4 Å². The van der Waals surface area contributed by atoms with Crippen molar-refractivity contribution in [1.29, 1.82) is 0 Å². The van der Waals surface area contributed by atoms with Crippen molar-refractivity contribution in [1.82, 2.24) is 5.43 Å². The highest BCUT2D eigenvalue weighted by Crippen LogP contribution is 2.29. The predicted molar refractivity (Wildman–Crippen MR) is 87.7 cm³/mol. The Balaban J connectivity index is 2.16. The van der Waals surface area contributed by atoms with E-state index in [9.17, 15) is 9.90 Å². The molecule has 120 valence electrons. The van der Waals surface area contributed by atoms with Gasteiger partial charge in [0.1, 0.15) is 5.75 Å². The van der Waals surface area contributed by atoms with Crippen LogP contribution in [0.25, 0.3) is 0 Å². The zero-order chi connectivity index (χ0) is 16.8. The van der Waals surface area contributed by atoms with E-state index in [1.165, 1.54) is 38.6 Å². The number of ether oxygens (including phenoxy) is 2. The largest absolute Gasteiger partial charge is 0.507 e. The van der Waals surface area contributed by atoms with Crippen molar-refractivity contribution in [2.24, 2.45) is 5.10 Å². The molecule has 0 bridgehead atoms. The van der Waals surface area contributed by atoms with E-state index in [1.54, 1.807) is 18.2 Å². The lowest BCUT2D eigenvalue weighted by Crippen LogP contribution is -2.17. The summed E-state index contributed by atoms with van der Waals surface area (Å²) in [6.45, 7) is 0. The molecule has 0 radical (unpaired) electrons. The number of nitrogens with one attached hydrogen (secondary N) is 1. The summed E-state index contributed by atoms with van der Waals surface area (Å²) in [7, 11) is 3.04. The highest BCUT2D eigenvalue weighted by molar-refractivity contribution is 6.31. The van der Waals surface area contributed by atoms with Gasteiger partial charge >= 0.3 is 0 Å². The Morgan fingerprint density at radius 2 is 2.04 bits per heavy atom. The number of carbonyl (C=O) groups excluding carboxylic acids is 1. The molecule has 0 spiro atoms. The molecule has 0 aliphatic carbocycles. The number of amides is 1. The van der Waals surface area contributed by atoms with Gasteiger partial charge < -0.3 is 14.6 Å². The fourth-order valence-electron chi connectivity index (χ4n) is 1.92. The SMILES string of the molecule is COc1cccc(/C=N\NC(=O)c2cc(Cl)ccc2O)c1OC. The van der Waals surface area contributed by atoms with E-state index in [0.717, 1.165) is 0 Å². The Labute approximate surface area is 138 Å². The Hall–Kier alpha value is -2.73. The Morgan fingerprint density at radius 3 is 2.74 bits per heavy atom. The van der Waals surface area contributed by atoms with E-state index in [1.807, 2.05) is 0 Å². The molecule has 0 atom stereocenters. The van der Waals surface area contributed by atoms with Crippen LogP contribution < -0.4 is 14.9 Å². The molecule has 0 unspecified atom stereocenters. The number of hydrogen-bond donors (Lipinski definition) is 2. The molecule has 1 amide bonds. The molecule has 0 fully saturated rings. The van der Waals surface area contributed by atoms with Crippen LogP contribution in [0.2, 0.25) is 5.02 Å². The molecule has 2 aromatic rings. The fourth-order valence-corrected chi connectivity index (χ4v) is 2.10. The van der Waals surface area contributed by atoms with E-state index < -0.39 is 5.91 Å². The van der Waals surface area contributed by atoms with Crippen molar-refractivity contribution in [2.45, 2.75) is 0 Å². The van der Waals surface area contributed by atoms with Crippen molar-refractivity contribution >= 4 is 23.7 Å². The highest BCUT2D eigenvalue weighted by Gasteiger charge is 2.11. The van der Waals surface area contributed by atoms with Gasteiger partial charge in [0.05, 0.1) is 26.0 Å². The second-order valence-electron chi connectivity index (χ2n) is 4.44. The molecular weight excluding hydrogens is 320 g/mol. The van der Waals surface area contributed by atoms with Crippen molar-refractivity contribution in [3.05, 3.63) is 52.5 Å². The van der Waals surface area contributed by atoms with E-state index >= 15 is 0 Å². The minimum Gasteiger partial charge on any atom is -0.507 e. The lowest BCUT2D eigenvalue weighted by Gasteiger charge is -2.09. The van der Waals surface area contributed by atoms with Gasteiger partial charge in [-0.25, -0.2) is 5.43 Å². The summed E-state index contributed by atoms with van der Waals surface area (Å²) in [4.78, 5) is 12.0. The van der Waals surface area contributed by atoms with Crippen molar-refractivity contribution in [3.63, 3.8) is 0 Å². The number of phenolic OH excluding ortho intramolecular Hbond substituents is 1. The minimum atomic E-state index is -0.580. The third-order valence-electron chi connectivity index (χ3n) is 3.01. The number of aromatic hydroxyl groups is 1. The lowest BCUT2D eigenvalue weighted by molar-refractivity contribution is 0.0952. The third kappa shape index (κ3) is 3.92. The van der Waals surface area contributed by atoms with E-state index in [2.05, 4.69) is 10.5 Å². The molecule has 23 heavy (non-hydrogen) atoms. The number of hydrazone groups is 1. The normalized spacial score (nSPS) is 10.6. The van der Waals surface area contributed by atoms with Gasteiger partial charge in [0.25, 0.3) is 5.91 Å².